The first-order valence-corrected chi connectivity index (χ1v) is 7.12. The third-order valence-electron chi connectivity index (χ3n) is 3.08. The lowest BCUT2D eigenvalue weighted by Gasteiger charge is -2.08. The summed E-state index contributed by atoms with van der Waals surface area (Å²) in [6, 6.07) is 2.86. The second-order valence-corrected chi connectivity index (χ2v) is 4.90. The maximum atomic E-state index is 13.6. The molecule has 2 amide bonds. The highest BCUT2D eigenvalue weighted by Crippen LogP contribution is 2.20. The molecule has 1 heterocycles. The number of pyridine rings is 1. The van der Waals surface area contributed by atoms with Gasteiger partial charge in [-0.15, -0.1) is 0 Å². The Morgan fingerprint density at radius 1 is 1.04 bits per heavy atom. The van der Waals surface area contributed by atoms with E-state index in [1.54, 1.807) is 0 Å². The second kappa shape index (κ2) is 7.58. The largest absolute Gasteiger partial charge is 0.352 e. The molecule has 0 aliphatic rings. The number of aromatic nitrogens is 1. The quantitative estimate of drug-likeness (QED) is 0.824. The molecule has 2 aromatic rings. The summed E-state index contributed by atoms with van der Waals surface area (Å²) >= 11 is 0. The van der Waals surface area contributed by atoms with Crippen molar-refractivity contribution in [1.82, 2.24) is 10.3 Å². The van der Waals surface area contributed by atoms with Gasteiger partial charge in [-0.05, 0) is 24.6 Å². The molecular weight excluding hydrogens is 323 g/mol. The van der Waals surface area contributed by atoms with Gasteiger partial charge in [0, 0.05) is 18.9 Å². The van der Waals surface area contributed by atoms with Crippen LogP contribution in [-0.2, 0) is 0 Å². The maximum absolute atomic E-state index is 13.6. The van der Waals surface area contributed by atoms with Gasteiger partial charge in [0.15, 0.2) is 17.5 Å². The lowest BCUT2D eigenvalue weighted by Crippen LogP contribution is -2.24. The van der Waals surface area contributed by atoms with Gasteiger partial charge in [-0.2, -0.15) is 0 Å². The van der Waals surface area contributed by atoms with Crippen molar-refractivity contribution in [2.75, 3.05) is 11.9 Å². The van der Waals surface area contributed by atoms with Gasteiger partial charge in [0.2, 0.25) is 0 Å². The SMILES string of the molecule is CCCNC(=O)c1cncc(C(=O)Nc2ccc(F)c(F)c2F)c1. The number of carbonyl (C=O) groups excluding carboxylic acids is 2. The number of benzene rings is 1. The molecular formula is C16H14F3N3O2. The van der Waals surface area contributed by atoms with Crippen LogP contribution in [0.5, 0.6) is 0 Å². The molecule has 24 heavy (non-hydrogen) atoms. The topological polar surface area (TPSA) is 71.1 Å². The Morgan fingerprint density at radius 3 is 2.38 bits per heavy atom. The molecule has 0 aliphatic carbocycles. The van der Waals surface area contributed by atoms with Crippen molar-refractivity contribution < 1.29 is 22.8 Å². The van der Waals surface area contributed by atoms with E-state index >= 15 is 0 Å². The minimum absolute atomic E-state index is 0.0247. The Kier molecular flexibility index (Phi) is 5.51. The van der Waals surface area contributed by atoms with E-state index in [-0.39, 0.29) is 11.1 Å². The van der Waals surface area contributed by atoms with Crippen molar-refractivity contribution in [3.05, 3.63) is 59.2 Å². The summed E-state index contributed by atoms with van der Waals surface area (Å²) in [5.74, 6) is -5.76. The first-order valence-electron chi connectivity index (χ1n) is 7.12. The summed E-state index contributed by atoms with van der Waals surface area (Å²) in [6.07, 6.45) is 3.19. The first kappa shape index (κ1) is 17.5. The summed E-state index contributed by atoms with van der Waals surface area (Å²) in [5, 5.41) is 4.74. The molecule has 0 unspecified atom stereocenters. The number of anilines is 1. The molecule has 0 bridgehead atoms. The van der Waals surface area contributed by atoms with Crippen molar-refractivity contribution in [3.8, 4) is 0 Å². The van der Waals surface area contributed by atoms with E-state index in [0.29, 0.717) is 12.6 Å². The predicted octanol–water partition coefficient (Wildman–Crippen LogP) is 2.89. The molecule has 0 aliphatic heterocycles. The van der Waals surface area contributed by atoms with Crippen LogP contribution in [0.3, 0.4) is 0 Å². The molecule has 8 heteroatoms. The summed E-state index contributed by atoms with van der Waals surface area (Å²) in [6.45, 7) is 2.36. The highest BCUT2D eigenvalue weighted by atomic mass is 19.2. The van der Waals surface area contributed by atoms with Crippen LogP contribution < -0.4 is 10.6 Å². The van der Waals surface area contributed by atoms with Gasteiger partial charge in [0.25, 0.3) is 11.8 Å². The standard InChI is InChI=1S/C16H14F3N3O2/c1-2-5-21-15(23)9-6-10(8-20-7-9)16(24)22-12-4-3-11(17)13(18)14(12)19/h3-4,6-8H,2,5H2,1H3,(H,21,23)(H,22,24). The molecule has 1 aromatic heterocycles. The highest BCUT2D eigenvalue weighted by molar-refractivity contribution is 6.05. The van der Waals surface area contributed by atoms with Crippen LogP contribution >= 0.6 is 0 Å². The van der Waals surface area contributed by atoms with Crippen molar-refractivity contribution in [2.24, 2.45) is 0 Å². The molecule has 0 spiro atoms. The molecule has 126 valence electrons. The van der Waals surface area contributed by atoms with Crippen LogP contribution in [0.2, 0.25) is 0 Å². The van der Waals surface area contributed by atoms with Crippen LogP contribution in [-0.4, -0.2) is 23.3 Å². The number of nitrogens with zero attached hydrogens (tertiary/aromatic N) is 1. The van der Waals surface area contributed by atoms with Gasteiger partial charge >= 0.3 is 0 Å². The number of nitrogens with one attached hydrogen (secondary N) is 2. The number of hydrogen-bond donors (Lipinski definition) is 2. The van der Waals surface area contributed by atoms with Crippen LogP contribution in [0.25, 0.3) is 0 Å². The van der Waals surface area contributed by atoms with E-state index in [1.165, 1.54) is 18.5 Å². The van der Waals surface area contributed by atoms with Gasteiger partial charge < -0.3 is 10.6 Å². The summed E-state index contributed by atoms with van der Waals surface area (Å²) < 4.78 is 39.6. The zero-order valence-electron chi connectivity index (χ0n) is 12.7. The molecule has 0 saturated carbocycles. The van der Waals surface area contributed by atoms with Crippen molar-refractivity contribution in [2.45, 2.75) is 13.3 Å². The third kappa shape index (κ3) is 3.89. The Labute approximate surface area is 135 Å². The van der Waals surface area contributed by atoms with Crippen molar-refractivity contribution in [1.29, 1.82) is 0 Å². The normalized spacial score (nSPS) is 10.3. The van der Waals surface area contributed by atoms with E-state index in [0.717, 1.165) is 12.5 Å². The fourth-order valence-corrected chi connectivity index (χ4v) is 1.85. The van der Waals surface area contributed by atoms with Crippen LogP contribution in [0.4, 0.5) is 18.9 Å². The maximum Gasteiger partial charge on any atom is 0.257 e. The van der Waals surface area contributed by atoms with Gasteiger partial charge in [0.05, 0.1) is 16.8 Å². The molecule has 2 N–H and O–H groups in total. The van der Waals surface area contributed by atoms with Crippen LogP contribution in [0.1, 0.15) is 34.1 Å². The van der Waals surface area contributed by atoms with Crippen molar-refractivity contribution in [3.63, 3.8) is 0 Å². The minimum atomic E-state index is -1.68. The van der Waals surface area contributed by atoms with Gasteiger partial charge in [0.1, 0.15) is 0 Å². The number of carbonyl (C=O) groups is 2. The smallest absolute Gasteiger partial charge is 0.257 e. The fourth-order valence-electron chi connectivity index (χ4n) is 1.85. The Morgan fingerprint density at radius 2 is 1.71 bits per heavy atom. The van der Waals surface area contributed by atoms with E-state index in [1.807, 2.05) is 6.92 Å². The molecule has 2 rings (SSSR count). The number of halogens is 3. The number of amides is 2. The molecule has 0 saturated heterocycles. The Bertz CT molecular complexity index is 781. The highest BCUT2D eigenvalue weighted by Gasteiger charge is 2.17. The first-order chi connectivity index (χ1) is 11.4. The number of rotatable bonds is 5. The molecule has 0 radical (unpaired) electrons. The second-order valence-electron chi connectivity index (χ2n) is 4.90. The fraction of sp³-hybridized carbons (Fsp3) is 0.188. The molecule has 0 fully saturated rings. The summed E-state index contributed by atoms with van der Waals surface area (Å²) in [7, 11) is 0. The minimum Gasteiger partial charge on any atom is -0.352 e. The zero-order chi connectivity index (χ0) is 17.7. The third-order valence-corrected chi connectivity index (χ3v) is 3.08. The monoisotopic (exact) mass is 337 g/mol. The molecule has 0 atom stereocenters. The van der Waals surface area contributed by atoms with Crippen LogP contribution in [0, 0.1) is 17.5 Å². The Balaban J connectivity index is 2.19. The van der Waals surface area contributed by atoms with Crippen LogP contribution in [0.15, 0.2) is 30.6 Å². The number of hydrogen-bond acceptors (Lipinski definition) is 3. The van der Waals surface area contributed by atoms with Gasteiger partial charge in [-0.3, -0.25) is 14.6 Å². The van der Waals surface area contributed by atoms with Gasteiger partial charge in [-0.1, -0.05) is 6.92 Å². The van der Waals surface area contributed by atoms with Gasteiger partial charge in [-0.25, -0.2) is 13.2 Å². The van der Waals surface area contributed by atoms with E-state index < -0.39 is 35.0 Å². The lowest BCUT2D eigenvalue weighted by molar-refractivity contribution is 0.0953. The van der Waals surface area contributed by atoms with E-state index in [2.05, 4.69) is 15.6 Å². The van der Waals surface area contributed by atoms with Crippen molar-refractivity contribution >= 4 is 17.5 Å². The zero-order valence-corrected chi connectivity index (χ0v) is 12.7. The Hall–Kier alpha value is -2.90. The summed E-state index contributed by atoms with van der Waals surface area (Å²) in [4.78, 5) is 27.7. The van der Waals surface area contributed by atoms with E-state index in [4.69, 9.17) is 0 Å². The average Bonchev–Trinajstić information content (AvgIpc) is 2.60. The lowest BCUT2D eigenvalue weighted by atomic mass is 10.1. The molecule has 5 nitrogen and oxygen atoms in total. The van der Waals surface area contributed by atoms with E-state index in [9.17, 15) is 22.8 Å². The average molecular weight is 337 g/mol. The predicted molar refractivity (Wildman–Crippen MR) is 81.1 cm³/mol. The summed E-state index contributed by atoms with van der Waals surface area (Å²) in [5.41, 5.74) is -0.384. The molecule has 1 aromatic carbocycles.